The molecule has 0 N–H and O–H groups in total. The van der Waals surface area contributed by atoms with E-state index in [1.54, 1.807) is 18.7 Å². The lowest BCUT2D eigenvalue weighted by atomic mass is 10.3. The second-order valence-electron chi connectivity index (χ2n) is 4.92. The van der Waals surface area contributed by atoms with Crippen molar-refractivity contribution in [1.82, 2.24) is 9.55 Å². The first-order valence-corrected chi connectivity index (χ1v) is 6.41. The van der Waals surface area contributed by atoms with Crippen molar-refractivity contribution in [3.63, 3.8) is 0 Å². The van der Waals surface area contributed by atoms with Crippen molar-refractivity contribution in [2.24, 2.45) is 4.40 Å². The summed E-state index contributed by atoms with van der Waals surface area (Å²) in [7, 11) is 0. The fourth-order valence-corrected chi connectivity index (χ4v) is 1.63. The maximum absolute atomic E-state index is 11.7. The van der Waals surface area contributed by atoms with Gasteiger partial charge in [-0.25, -0.2) is 4.98 Å². The third kappa shape index (κ3) is 3.35. The van der Waals surface area contributed by atoms with Crippen LogP contribution in [0.25, 0.3) is 0 Å². The predicted molar refractivity (Wildman–Crippen MR) is 68.1 cm³/mol. The molecular weight excluding hydrogens is 222 g/mol. The summed E-state index contributed by atoms with van der Waals surface area (Å²) >= 11 is -1.22. The molecular formula is C11H19N3OS. The van der Waals surface area contributed by atoms with Crippen LogP contribution < -0.4 is 0 Å². The number of nitrogens with zero attached hydrogens (tertiary/aromatic N) is 3. The van der Waals surface area contributed by atoms with Crippen LogP contribution in [0.2, 0.25) is 0 Å². The maximum atomic E-state index is 11.7. The highest BCUT2D eigenvalue weighted by Gasteiger charge is 2.25. The van der Waals surface area contributed by atoms with Gasteiger partial charge in [0, 0.05) is 6.04 Å². The van der Waals surface area contributed by atoms with E-state index >= 15 is 0 Å². The van der Waals surface area contributed by atoms with E-state index in [9.17, 15) is 4.55 Å². The van der Waals surface area contributed by atoms with Gasteiger partial charge >= 0.3 is 0 Å². The zero-order valence-corrected chi connectivity index (χ0v) is 11.3. The van der Waals surface area contributed by atoms with Gasteiger partial charge in [-0.1, -0.05) is 4.40 Å². The van der Waals surface area contributed by atoms with E-state index in [1.165, 1.54) is 0 Å². The van der Waals surface area contributed by atoms with Crippen molar-refractivity contribution in [2.45, 2.75) is 45.4 Å². The number of hydrogen-bond acceptors (Lipinski definition) is 3. The first-order valence-electron chi connectivity index (χ1n) is 5.30. The Bertz CT molecular complexity index is 366. The minimum Gasteiger partial charge on any atom is -0.591 e. The molecule has 1 aromatic rings. The third-order valence-corrected chi connectivity index (χ3v) is 3.40. The fraction of sp³-hybridized carbons (Fsp3) is 0.636. The molecule has 1 heterocycles. The van der Waals surface area contributed by atoms with Crippen molar-refractivity contribution >= 4 is 17.6 Å². The van der Waals surface area contributed by atoms with E-state index in [0.29, 0.717) is 6.04 Å². The Morgan fingerprint density at radius 3 is 2.62 bits per heavy atom. The first kappa shape index (κ1) is 13.3. The summed E-state index contributed by atoms with van der Waals surface area (Å²) in [6.07, 6.45) is 5.11. The molecule has 0 aliphatic rings. The second kappa shape index (κ2) is 5.01. The summed E-state index contributed by atoms with van der Waals surface area (Å²) in [5.41, 5.74) is 0.882. The van der Waals surface area contributed by atoms with Crippen LogP contribution >= 0.6 is 0 Å². The van der Waals surface area contributed by atoms with Gasteiger partial charge in [0.15, 0.2) is 0 Å². The molecule has 1 rings (SSSR count). The van der Waals surface area contributed by atoms with Crippen LogP contribution in [0.3, 0.4) is 0 Å². The highest BCUT2D eigenvalue weighted by Crippen LogP contribution is 2.17. The Morgan fingerprint density at radius 2 is 2.12 bits per heavy atom. The molecule has 4 nitrogen and oxygen atoms in total. The molecule has 0 aromatic carbocycles. The van der Waals surface area contributed by atoms with Gasteiger partial charge in [0.1, 0.15) is 22.3 Å². The van der Waals surface area contributed by atoms with Crippen LogP contribution in [0.5, 0.6) is 0 Å². The van der Waals surface area contributed by atoms with E-state index in [0.717, 1.165) is 5.69 Å². The summed E-state index contributed by atoms with van der Waals surface area (Å²) in [5, 5.41) is 0. The van der Waals surface area contributed by atoms with Crippen LogP contribution in [0.4, 0.5) is 0 Å². The zero-order valence-electron chi connectivity index (χ0n) is 10.5. The van der Waals surface area contributed by atoms with E-state index < -0.39 is 11.4 Å². The normalized spacial score (nSPS) is 14.9. The van der Waals surface area contributed by atoms with Crippen molar-refractivity contribution < 1.29 is 4.55 Å². The summed E-state index contributed by atoms with van der Waals surface area (Å²) in [6, 6.07) is 0.326. The minimum absolute atomic E-state index is 0.320. The molecule has 0 saturated heterocycles. The van der Waals surface area contributed by atoms with Gasteiger partial charge in [0.05, 0.1) is 18.2 Å². The van der Waals surface area contributed by atoms with Gasteiger partial charge in [0.25, 0.3) is 0 Å². The molecule has 0 radical (unpaired) electrons. The van der Waals surface area contributed by atoms with Gasteiger partial charge in [-0.3, -0.25) is 0 Å². The van der Waals surface area contributed by atoms with Gasteiger partial charge in [0.2, 0.25) is 0 Å². The molecule has 1 atom stereocenters. The lowest BCUT2D eigenvalue weighted by molar-refractivity contribution is 0.561. The van der Waals surface area contributed by atoms with E-state index in [1.807, 2.05) is 25.3 Å². The smallest absolute Gasteiger partial charge is 0.144 e. The largest absolute Gasteiger partial charge is 0.591 e. The van der Waals surface area contributed by atoms with Gasteiger partial charge < -0.3 is 9.12 Å². The van der Waals surface area contributed by atoms with Gasteiger partial charge in [-0.2, -0.15) is 0 Å². The standard InChI is InChI=1S/C11H19N3OS/c1-9(2)14-8-12-6-10(14)7-13-16(15)11(3,4)5/h6-9H,1-5H3. The fourth-order valence-electron chi connectivity index (χ4n) is 1.11. The lowest BCUT2D eigenvalue weighted by Crippen LogP contribution is -2.26. The SMILES string of the molecule is CC(C)n1cncc1C=N[S+]([O-])C(C)(C)C. The first-order chi connectivity index (χ1) is 7.32. The highest BCUT2D eigenvalue weighted by molar-refractivity contribution is 7.91. The van der Waals surface area contributed by atoms with Crippen LogP contribution in [0.15, 0.2) is 16.9 Å². The molecule has 0 saturated carbocycles. The third-order valence-electron chi connectivity index (χ3n) is 2.06. The van der Waals surface area contributed by atoms with E-state index in [2.05, 4.69) is 23.2 Å². The minimum atomic E-state index is -1.22. The lowest BCUT2D eigenvalue weighted by Gasteiger charge is -2.17. The van der Waals surface area contributed by atoms with E-state index in [4.69, 9.17) is 0 Å². The molecule has 0 aliphatic carbocycles. The van der Waals surface area contributed by atoms with Crippen molar-refractivity contribution in [1.29, 1.82) is 0 Å². The Hall–Kier alpha value is -0.810. The monoisotopic (exact) mass is 241 g/mol. The Labute approximate surface area is 100 Å². The molecule has 0 spiro atoms. The summed E-state index contributed by atoms with van der Waals surface area (Å²) in [5.74, 6) is 0. The van der Waals surface area contributed by atoms with Crippen LogP contribution in [-0.4, -0.2) is 25.1 Å². The molecule has 1 aromatic heterocycles. The summed E-state index contributed by atoms with van der Waals surface area (Å²) in [6.45, 7) is 9.85. The van der Waals surface area contributed by atoms with Crippen LogP contribution in [0.1, 0.15) is 46.4 Å². The van der Waals surface area contributed by atoms with Gasteiger partial charge in [-0.15, -0.1) is 0 Å². The van der Waals surface area contributed by atoms with Crippen molar-refractivity contribution in [3.05, 3.63) is 18.2 Å². The zero-order chi connectivity index (χ0) is 12.3. The molecule has 16 heavy (non-hydrogen) atoms. The molecule has 90 valence electrons. The quantitative estimate of drug-likeness (QED) is 0.602. The average molecular weight is 241 g/mol. The second-order valence-corrected chi connectivity index (χ2v) is 6.85. The Morgan fingerprint density at radius 1 is 1.50 bits per heavy atom. The topological polar surface area (TPSA) is 53.2 Å². The molecule has 1 unspecified atom stereocenters. The molecule has 0 amide bonds. The van der Waals surface area contributed by atoms with Crippen LogP contribution in [0, 0.1) is 0 Å². The number of aromatic nitrogens is 2. The van der Waals surface area contributed by atoms with Gasteiger partial charge in [-0.05, 0) is 34.6 Å². The highest BCUT2D eigenvalue weighted by atomic mass is 32.2. The molecule has 0 aliphatic heterocycles. The molecule has 0 bridgehead atoms. The summed E-state index contributed by atoms with van der Waals surface area (Å²) in [4.78, 5) is 4.06. The molecule has 0 fully saturated rings. The van der Waals surface area contributed by atoms with Crippen molar-refractivity contribution in [3.8, 4) is 0 Å². The molecule has 5 heteroatoms. The number of hydrogen-bond donors (Lipinski definition) is 0. The Balaban J connectivity index is 2.81. The summed E-state index contributed by atoms with van der Waals surface area (Å²) < 4.78 is 17.5. The Kier molecular flexibility index (Phi) is 4.15. The number of rotatable bonds is 3. The number of imidazole rings is 1. The van der Waals surface area contributed by atoms with Crippen LogP contribution in [-0.2, 0) is 11.4 Å². The average Bonchev–Trinajstić information content (AvgIpc) is 2.60. The van der Waals surface area contributed by atoms with Crippen molar-refractivity contribution in [2.75, 3.05) is 0 Å². The predicted octanol–water partition coefficient (Wildman–Crippen LogP) is 2.35. The van der Waals surface area contributed by atoms with E-state index in [-0.39, 0.29) is 4.75 Å². The maximum Gasteiger partial charge on any atom is 0.144 e.